The van der Waals surface area contributed by atoms with Gasteiger partial charge in [-0.15, -0.1) is 0 Å². The van der Waals surface area contributed by atoms with E-state index in [1.807, 2.05) is 11.8 Å². The molecule has 1 aliphatic heterocycles. The third-order valence-electron chi connectivity index (χ3n) is 4.30. The molecule has 110 valence electrons. The molecule has 1 spiro atoms. The summed E-state index contributed by atoms with van der Waals surface area (Å²) in [5.74, 6) is 1.65. The van der Waals surface area contributed by atoms with Crippen molar-refractivity contribution in [3.8, 4) is 0 Å². The maximum atomic E-state index is 12.4. The number of carbonyl (C=O) groups excluding carboxylic acids is 1. The van der Waals surface area contributed by atoms with Gasteiger partial charge in [0.25, 0.3) is 0 Å². The molecule has 4 heteroatoms. The molecule has 1 atom stereocenters. The lowest BCUT2D eigenvalue weighted by molar-refractivity contribution is -0.130. The number of hydrogen-bond acceptors (Lipinski definition) is 3. The zero-order valence-corrected chi connectivity index (χ0v) is 13.2. The van der Waals surface area contributed by atoms with Gasteiger partial charge in [0.1, 0.15) is 0 Å². The average molecular weight is 284 g/mol. The van der Waals surface area contributed by atoms with Crippen LogP contribution in [0.3, 0.4) is 0 Å². The van der Waals surface area contributed by atoms with Crippen molar-refractivity contribution in [2.45, 2.75) is 70.0 Å². The highest BCUT2D eigenvalue weighted by Gasteiger charge is 2.58. The van der Waals surface area contributed by atoms with Crippen molar-refractivity contribution in [1.82, 2.24) is 10.2 Å². The number of thioether (sulfide) groups is 1. The van der Waals surface area contributed by atoms with E-state index in [1.54, 1.807) is 0 Å². The third kappa shape index (κ3) is 3.66. The fourth-order valence-corrected chi connectivity index (χ4v) is 3.49. The molecule has 3 nitrogen and oxygen atoms in total. The Morgan fingerprint density at radius 2 is 2.05 bits per heavy atom. The number of rotatable bonds is 9. The molecule has 0 radical (unpaired) electrons. The Labute approximate surface area is 121 Å². The number of hydrogen-bond donors (Lipinski definition) is 1. The van der Waals surface area contributed by atoms with Crippen molar-refractivity contribution in [2.24, 2.45) is 0 Å². The molecule has 2 aliphatic rings. The van der Waals surface area contributed by atoms with Crippen molar-refractivity contribution in [2.75, 3.05) is 18.6 Å². The molecular weight excluding hydrogens is 256 g/mol. The van der Waals surface area contributed by atoms with Crippen molar-refractivity contribution in [3.05, 3.63) is 0 Å². The SMILES string of the molecule is CCCC1NC2(CC2)C(=O)N1CCCCCCSC. The Kier molecular flexibility index (Phi) is 5.58. The van der Waals surface area contributed by atoms with Gasteiger partial charge in [0.2, 0.25) is 5.91 Å². The van der Waals surface area contributed by atoms with Gasteiger partial charge in [-0.1, -0.05) is 26.2 Å². The second-order valence-electron chi connectivity index (χ2n) is 5.94. The molecule has 1 N–H and O–H groups in total. The van der Waals surface area contributed by atoms with Crippen molar-refractivity contribution < 1.29 is 4.79 Å². The topological polar surface area (TPSA) is 32.3 Å². The molecular formula is C15H28N2OS. The van der Waals surface area contributed by atoms with Gasteiger partial charge in [0.15, 0.2) is 0 Å². The molecule has 1 aliphatic carbocycles. The van der Waals surface area contributed by atoms with E-state index in [2.05, 4.69) is 23.4 Å². The smallest absolute Gasteiger partial charge is 0.244 e. The van der Waals surface area contributed by atoms with Gasteiger partial charge in [0, 0.05) is 6.54 Å². The van der Waals surface area contributed by atoms with Crippen LogP contribution in [0.2, 0.25) is 0 Å². The minimum atomic E-state index is -0.126. The van der Waals surface area contributed by atoms with E-state index in [9.17, 15) is 4.79 Å². The van der Waals surface area contributed by atoms with Gasteiger partial charge in [-0.25, -0.2) is 0 Å². The van der Waals surface area contributed by atoms with Gasteiger partial charge in [-0.3, -0.25) is 10.1 Å². The summed E-state index contributed by atoms with van der Waals surface area (Å²) < 4.78 is 0. The molecule has 1 saturated heterocycles. The molecule has 0 aromatic heterocycles. The fraction of sp³-hybridized carbons (Fsp3) is 0.933. The summed E-state index contributed by atoms with van der Waals surface area (Å²) in [6, 6.07) is 0. The second-order valence-corrected chi connectivity index (χ2v) is 6.92. The maximum absolute atomic E-state index is 12.4. The monoisotopic (exact) mass is 284 g/mol. The lowest BCUT2D eigenvalue weighted by atomic mass is 10.2. The number of nitrogens with zero attached hydrogens (tertiary/aromatic N) is 1. The van der Waals surface area contributed by atoms with Crippen LogP contribution < -0.4 is 5.32 Å². The average Bonchev–Trinajstić information content (AvgIpc) is 3.13. The van der Waals surface area contributed by atoms with Crippen LogP contribution in [0.5, 0.6) is 0 Å². The van der Waals surface area contributed by atoms with Crippen LogP contribution in [0.4, 0.5) is 0 Å². The second kappa shape index (κ2) is 6.98. The molecule has 0 bridgehead atoms. The highest BCUT2D eigenvalue weighted by Crippen LogP contribution is 2.42. The van der Waals surface area contributed by atoms with Gasteiger partial charge in [-0.2, -0.15) is 11.8 Å². The zero-order valence-electron chi connectivity index (χ0n) is 12.4. The van der Waals surface area contributed by atoms with E-state index >= 15 is 0 Å². The third-order valence-corrected chi connectivity index (χ3v) is 5.00. The lowest BCUT2D eigenvalue weighted by Crippen LogP contribution is -2.37. The first kappa shape index (κ1) is 15.2. The maximum Gasteiger partial charge on any atom is 0.244 e. The highest BCUT2D eigenvalue weighted by atomic mass is 32.2. The summed E-state index contributed by atoms with van der Waals surface area (Å²) in [5.41, 5.74) is -0.126. The first-order chi connectivity index (χ1) is 9.23. The van der Waals surface area contributed by atoms with Crippen LogP contribution in [-0.2, 0) is 4.79 Å². The Hall–Kier alpha value is -0.220. The normalized spacial score (nSPS) is 24.4. The molecule has 1 saturated carbocycles. The first-order valence-electron chi connectivity index (χ1n) is 7.81. The molecule has 1 heterocycles. The van der Waals surface area contributed by atoms with E-state index in [4.69, 9.17) is 0 Å². The lowest BCUT2D eigenvalue weighted by Gasteiger charge is -2.23. The molecule has 2 rings (SSSR count). The van der Waals surface area contributed by atoms with Crippen LogP contribution in [0, 0.1) is 0 Å². The van der Waals surface area contributed by atoms with Crippen LogP contribution >= 0.6 is 11.8 Å². The number of amides is 1. The summed E-state index contributed by atoms with van der Waals surface area (Å²) in [6.45, 7) is 3.15. The summed E-state index contributed by atoms with van der Waals surface area (Å²) in [5, 5.41) is 3.58. The predicted octanol–water partition coefficient (Wildman–Crippen LogP) is 3.00. The summed E-state index contributed by atoms with van der Waals surface area (Å²) in [6.07, 6.45) is 11.9. The zero-order chi connectivity index (χ0) is 13.7. The molecule has 1 unspecified atom stereocenters. The van der Waals surface area contributed by atoms with Crippen LogP contribution in [0.1, 0.15) is 58.3 Å². The number of nitrogens with one attached hydrogen (secondary N) is 1. The minimum absolute atomic E-state index is 0.126. The Balaban J connectivity index is 1.72. The summed E-state index contributed by atoms with van der Waals surface area (Å²) in [4.78, 5) is 14.5. The standard InChI is InChI=1S/C15H28N2OS/c1-3-8-13-16-15(9-10-15)14(18)17(13)11-6-4-5-7-12-19-2/h13,16H,3-12H2,1-2H3. The van der Waals surface area contributed by atoms with Gasteiger partial charge in [-0.05, 0) is 44.1 Å². The van der Waals surface area contributed by atoms with E-state index < -0.39 is 0 Å². The van der Waals surface area contributed by atoms with E-state index in [0.717, 1.165) is 38.6 Å². The predicted molar refractivity (Wildman–Crippen MR) is 82.4 cm³/mol. The largest absolute Gasteiger partial charge is 0.326 e. The van der Waals surface area contributed by atoms with Crippen LogP contribution in [0.25, 0.3) is 0 Å². The van der Waals surface area contributed by atoms with Gasteiger partial charge >= 0.3 is 0 Å². The minimum Gasteiger partial charge on any atom is -0.326 e. The van der Waals surface area contributed by atoms with Gasteiger partial charge < -0.3 is 4.90 Å². The Morgan fingerprint density at radius 3 is 2.68 bits per heavy atom. The molecule has 2 fully saturated rings. The fourth-order valence-electron chi connectivity index (χ4n) is 3.00. The van der Waals surface area contributed by atoms with Crippen LogP contribution in [-0.4, -0.2) is 41.1 Å². The number of unbranched alkanes of at least 4 members (excludes halogenated alkanes) is 3. The molecule has 1 amide bonds. The van der Waals surface area contributed by atoms with Crippen molar-refractivity contribution >= 4 is 17.7 Å². The Bertz CT molecular complexity index is 305. The summed E-state index contributed by atoms with van der Waals surface area (Å²) >= 11 is 1.93. The van der Waals surface area contributed by atoms with Crippen molar-refractivity contribution in [3.63, 3.8) is 0 Å². The van der Waals surface area contributed by atoms with Crippen LogP contribution in [0.15, 0.2) is 0 Å². The van der Waals surface area contributed by atoms with E-state index in [-0.39, 0.29) is 5.54 Å². The highest BCUT2D eigenvalue weighted by molar-refractivity contribution is 7.98. The quantitative estimate of drug-likeness (QED) is 0.661. The Morgan fingerprint density at radius 1 is 1.32 bits per heavy atom. The molecule has 0 aromatic rings. The van der Waals surface area contributed by atoms with E-state index in [1.165, 1.54) is 25.0 Å². The van der Waals surface area contributed by atoms with Crippen molar-refractivity contribution in [1.29, 1.82) is 0 Å². The van der Waals surface area contributed by atoms with Gasteiger partial charge in [0.05, 0.1) is 11.7 Å². The first-order valence-corrected chi connectivity index (χ1v) is 9.20. The molecule has 0 aromatic carbocycles. The summed E-state index contributed by atoms with van der Waals surface area (Å²) in [7, 11) is 0. The molecule has 19 heavy (non-hydrogen) atoms. The number of carbonyl (C=O) groups is 1. The van der Waals surface area contributed by atoms with E-state index in [0.29, 0.717) is 12.1 Å².